The van der Waals surface area contributed by atoms with Crippen molar-refractivity contribution < 1.29 is 14.1 Å². The third-order valence-corrected chi connectivity index (χ3v) is 1.18. The van der Waals surface area contributed by atoms with E-state index >= 15 is 0 Å². The molecule has 0 rings (SSSR count). The Kier molecular flexibility index (Phi) is 9.36. The molecule has 0 bridgehead atoms. The van der Waals surface area contributed by atoms with Gasteiger partial charge in [0.05, 0.1) is 6.61 Å². The Balaban J connectivity index is 2.65. The zero-order valence-electron chi connectivity index (χ0n) is 6.25. The molecular formula is C5H13NO3S. The molecule has 4 nitrogen and oxygen atoms in total. The van der Waals surface area contributed by atoms with Gasteiger partial charge in [-0.1, -0.05) is 0 Å². The van der Waals surface area contributed by atoms with Gasteiger partial charge >= 0.3 is 0 Å². The van der Waals surface area contributed by atoms with E-state index in [-0.39, 0.29) is 0 Å². The molecule has 0 heterocycles. The average molecular weight is 167 g/mol. The van der Waals surface area contributed by atoms with E-state index in [1.807, 2.05) is 6.92 Å². The summed E-state index contributed by atoms with van der Waals surface area (Å²) in [5.74, 6) is 0.773. The summed E-state index contributed by atoms with van der Waals surface area (Å²) in [5, 5.41) is 0. The molecule has 0 aromatic rings. The van der Waals surface area contributed by atoms with Gasteiger partial charge in [0, 0.05) is 31.5 Å². The third-order valence-electron chi connectivity index (χ3n) is 0.681. The first-order valence-electron chi connectivity index (χ1n) is 3.11. The zero-order chi connectivity index (χ0) is 7.66. The lowest BCUT2D eigenvalue weighted by Crippen LogP contribution is -2.05. The van der Waals surface area contributed by atoms with Gasteiger partial charge in [0.25, 0.3) is 0 Å². The van der Waals surface area contributed by atoms with E-state index in [0.717, 1.165) is 12.4 Å². The quantitative estimate of drug-likeness (QED) is 0.262. The number of hydroxylamine groups is 1. The Morgan fingerprint density at radius 2 is 2.30 bits per heavy atom. The Hall–Kier alpha value is 0.190. The van der Waals surface area contributed by atoms with Crippen LogP contribution in [0.25, 0.3) is 0 Å². The standard InChI is InChI=1S/C5H13NO3S/c1-3-7-4-5-10-9-8-6-2/h6H,3-5H2,1-2H3. The number of rotatable bonds is 7. The second kappa shape index (κ2) is 9.19. The molecule has 0 amide bonds. The molecule has 62 valence electrons. The van der Waals surface area contributed by atoms with Crippen molar-refractivity contribution in [1.82, 2.24) is 5.48 Å². The van der Waals surface area contributed by atoms with E-state index in [2.05, 4.69) is 14.8 Å². The minimum atomic E-state index is 0.689. The van der Waals surface area contributed by atoms with Crippen LogP contribution in [0.2, 0.25) is 0 Å². The van der Waals surface area contributed by atoms with Crippen molar-refractivity contribution in [2.75, 3.05) is 26.0 Å². The van der Waals surface area contributed by atoms with E-state index in [1.54, 1.807) is 7.05 Å². The minimum Gasteiger partial charge on any atom is -0.381 e. The highest BCUT2D eigenvalue weighted by atomic mass is 32.2. The highest BCUT2D eigenvalue weighted by Gasteiger charge is 1.88. The zero-order valence-corrected chi connectivity index (χ0v) is 7.07. The van der Waals surface area contributed by atoms with Gasteiger partial charge in [-0.15, -0.1) is 9.32 Å². The van der Waals surface area contributed by atoms with Crippen LogP contribution in [0.15, 0.2) is 0 Å². The minimum absolute atomic E-state index is 0.689. The fraction of sp³-hybridized carbons (Fsp3) is 1.00. The maximum absolute atomic E-state index is 5.04. The number of ether oxygens (including phenoxy) is 1. The van der Waals surface area contributed by atoms with Gasteiger partial charge in [0.15, 0.2) is 0 Å². The van der Waals surface area contributed by atoms with Gasteiger partial charge in [0.1, 0.15) is 0 Å². The van der Waals surface area contributed by atoms with Crippen molar-refractivity contribution in [3.8, 4) is 0 Å². The predicted octanol–water partition coefficient (Wildman–Crippen LogP) is 0.754. The molecule has 0 aromatic heterocycles. The maximum Gasteiger partial charge on any atom is 0.0580 e. The summed E-state index contributed by atoms with van der Waals surface area (Å²) in [5.41, 5.74) is 2.37. The van der Waals surface area contributed by atoms with Gasteiger partial charge in [-0.25, -0.2) is 0 Å². The molecule has 0 aliphatic heterocycles. The molecule has 0 unspecified atom stereocenters. The first kappa shape index (κ1) is 10.2. The van der Waals surface area contributed by atoms with E-state index in [9.17, 15) is 0 Å². The van der Waals surface area contributed by atoms with Crippen LogP contribution in [0.1, 0.15) is 6.92 Å². The molecule has 0 fully saturated rings. The van der Waals surface area contributed by atoms with Crippen molar-refractivity contribution >= 4 is 12.0 Å². The van der Waals surface area contributed by atoms with Gasteiger partial charge in [-0.3, -0.25) is 0 Å². The summed E-state index contributed by atoms with van der Waals surface area (Å²) in [4.78, 5) is 4.37. The monoisotopic (exact) mass is 167 g/mol. The van der Waals surface area contributed by atoms with E-state index in [0.29, 0.717) is 6.61 Å². The topological polar surface area (TPSA) is 39.7 Å². The van der Waals surface area contributed by atoms with Crippen LogP contribution in [0.4, 0.5) is 0 Å². The van der Waals surface area contributed by atoms with Gasteiger partial charge in [0.2, 0.25) is 0 Å². The highest BCUT2D eigenvalue weighted by molar-refractivity contribution is 7.94. The van der Waals surface area contributed by atoms with Crippen LogP contribution < -0.4 is 5.48 Å². The summed E-state index contributed by atoms with van der Waals surface area (Å²) in [7, 11) is 1.63. The largest absolute Gasteiger partial charge is 0.381 e. The first-order chi connectivity index (χ1) is 4.91. The molecule has 0 aliphatic carbocycles. The van der Waals surface area contributed by atoms with Crippen molar-refractivity contribution in [2.24, 2.45) is 0 Å². The molecule has 5 heteroatoms. The lowest BCUT2D eigenvalue weighted by Gasteiger charge is -1.99. The summed E-state index contributed by atoms with van der Waals surface area (Å²) in [6, 6.07) is 0. The van der Waals surface area contributed by atoms with Gasteiger partial charge < -0.3 is 4.74 Å². The van der Waals surface area contributed by atoms with Gasteiger partial charge in [-0.05, 0) is 6.92 Å². The first-order valence-corrected chi connectivity index (χ1v) is 4.02. The number of hydrogen-bond donors (Lipinski definition) is 1. The van der Waals surface area contributed by atoms with Crippen molar-refractivity contribution in [3.05, 3.63) is 0 Å². The fourth-order valence-electron chi connectivity index (χ4n) is 0.329. The Morgan fingerprint density at radius 1 is 1.50 bits per heavy atom. The van der Waals surface area contributed by atoms with Crippen LogP contribution >= 0.6 is 12.0 Å². The second-order valence-corrected chi connectivity index (χ2v) is 2.15. The second-order valence-electron chi connectivity index (χ2n) is 1.37. The fourth-order valence-corrected chi connectivity index (χ4v) is 0.699. The lowest BCUT2D eigenvalue weighted by molar-refractivity contribution is -0.238. The van der Waals surface area contributed by atoms with Crippen molar-refractivity contribution in [3.63, 3.8) is 0 Å². The molecule has 0 aromatic carbocycles. The van der Waals surface area contributed by atoms with Gasteiger partial charge in [-0.2, -0.15) is 5.48 Å². The summed E-state index contributed by atoms with van der Waals surface area (Å²) in [6.07, 6.45) is 0. The molecule has 10 heavy (non-hydrogen) atoms. The summed E-state index contributed by atoms with van der Waals surface area (Å²) in [6.45, 7) is 3.39. The Morgan fingerprint density at radius 3 is 2.90 bits per heavy atom. The molecule has 0 saturated carbocycles. The smallest absolute Gasteiger partial charge is 0.0580 e. The summed E-state index contributed by atoms with van der Waals surface area (Å²) >= 11 is 1.21. The number of nitrogens with one attached hydrogen (secondary N) is 1. The van der Waals surface area contributed by atoms with E-state index in [4.69, 9.17) is 4.74 Å². The van der Waals surface area contributed by atoms with E-state index in [1.165, 1.54) is 12.0 Å². The molecule has 0 atom stereocenters. The van der Waals surface area contributed by atoms with Crippen LogP contribution in [0.5, 0.6) is 0 Å². The normalized spacial score (nSPS) is 10.2. The molecular weight excluding hydrogens is 154 g/mol. The van der Waals surface area contributed by atoms with Crippen LogP contribution in [-0.4, -0.2) is 26.0 Å². The molecule has 1 N–H and O–H groups in total. The Labute approximate surface area is 65.3 Å². The molecule has 0 aliphatic rings. The van der Waals surface area contributed by atoms with Crippen LogP contribution in [0.3, 0.4) is 0 Å². The Bertz CT molecular complexity index is 56.9. The predicted molar refractivity (Wildman–Crippen MR) is 40.2 cm³/mol. The average Bonchev–Trinajstić information content (AvgIpc) is 1.97. The van der Waals surface area contributed by atoms with Crippen LogP contribution in [-0.2, 0) is 14.1 Å². The van der Waals surface area contributed by atoms with Crippen LogP contribution in [0, 0.1) is 0 Å². The van der Waals surface area contributed by atoms with Crippen molar-refractivity contribution in [1.29, 1.82) is 0 Å². The highest BCUT2D eigenvalue weighted by Crippen LogP contribution is 2.00. The van der Waals surface area contributed by atoms with Crippen molar-refractivity contribution in [2.45, 2.75) is 6.92 Å². The third kappa shape index (κ3) is 8.19. The maximum atomic E-state index is 5.04. The van der Waals surface area contributed by atoms with E-state index < -0.39 is 0 Å². The molecule has 0 spiro atoms. The number of hydrogen-bond acceptors (Lipinski definition) is 5. The lowest BCUT2D eigenvalue weighted by atomic mass is 10.8. The summed E-state index contributed by atoms with van der Waals surface area (Å²) < 4.78 is 9.59. The molecule has 0 saturated heterocycles. The SMILES string of the molecule is CCOCCSOONC. The molecule has 0 radical (unpaired) electrons.